The summed E-state index contributed by atoms with van der Waals surface area (Å²) in [5.41, 5.74) is -0.717. The Kier molecular flexibility index (Phi) is 7.87. The smallest absolute Gasteiger partial charge is 0.0975 e. The maximum Gasteiger partial charge on any atom is 0.0975 e. The van der Waals surface area contributed by atoms with Gasteiger partial charge in [-0.15, -0.1) is 0 Å². The fourth-order valence-corrected chi connectivity index (χ4v) is 1.98. The molecule has 1 aliphatic carbocycles. The lowest BCUT2D eigenvalue weighted by molar-refractivity contribution is -0.0332. The topological polar surface area (TPSA) is 41.5 Å². The second-order valence-corrected chi connectivity index (χ2v) is 5.97. The van der Waals surface area contributed by atoms with E-state index in [1.165, 1.54) is 44.9 Å². The van der Waals surface area contributed by atoms with Crippen molar-refractivity contribution in [2.45, 2.75) is 76.9 Å². The predicted molar refractivity (Wildman–Crippen MR) is 75.8 cm³/mol. The van der Waals surface area contributed by atoms with Crippen LogP contribution in [-0.4, -0.2) is 36.5 Å². The molecule has 18 heavy (non-hydrogen) atoms. The minimum absolute atomic E-state index is 0.446. The first-order chi connectivity index (χ1) is 8.64. The van der Waals surface area contributed by atoms with Gasteiger partial charge in [0.15, 0.2) is 0 Å². The fraction of sp³-hybridized carbons (Fsp3) is 1.00. The Balaban J connectivity index is 1.85. The summed E-state index contributed by atoms with van der Waals surface area (Å²) in [6.07, 6.45) is 10.2. The van der Waals surface area contributed by atoms with E-state index in [-0.39, 0.29) is 0 Å². The van der Waals surface area contributed by atoms with Gasteiger partial charge in [-0.1, -0.05) is 39.0 Å². The van der Waals surface area contributed by atoms with Crippen LogP contribution in [0.15, 0.2) is 0 Å². The maximum atomic E-state index is 10.1. The standard InChI is InChI=1S/C15H31NO2/c1-3-4-5-6-7-8-11-18-13-15(2,17)12-16-14-9-10-14/h14,16-17H,3-13H2,1-2H3. The fourth-order valence-electron chi connectivity index (χ4n) is 1.98. The molecule has 0 spiro atoms. The molecule has 1 fully saturated rings. The van der Waals surface area contributed by atoms with Crippen molar-refractivity contribution in [3.63, 3.8) is 0 Å². The van der Waals surface area contributed by atoms with E-state index < -0.39 is 5.60 Å². The highest BCUT2D eigenvalue weighted by atomic mass is 16.5. The van der Waals surface area contributed by atoms with Gasteiger partial charge in [-0.2, -0.15) is 0 Å². The zero-order valence-electron chi connectivity index (χ0n) is 12.2. The van der Waals surface area contributed by atoms with Gasteiger partial charge in [0, 0.05) is 19.2 Å². The van der Waals surface area contributed by atoms with Crippen LogP contribution in [0.2, 0.25) is 0 Å². The Hall–Kier alpha value is -0.120. The van der Waals surface area contributed by atoms with Crippen LogP contribution in [-0.2, 0) is 4.74 Å². The number of hydrogen-bond acceptors (Lipinski definition) is 3. The molecule has 3 nitrogen and oxygen atoms in total. The highest BCUT2D eigenvalue weighted by Gasteiger charge is 2.26. The molecule has 0 saturated heterocycles. The van der Waals surface area contributed by atoms with Crippen LogP contribution in [0.4, 0.5) is 0 Å². The van der Waals surface area contributed by atoms with E-state index in [4.69, 9.17) is 4.74 Å². The molecule has 1 unspecified atom stereocenters. The summed E-state index contributed by atoms with van der Waals surface area (Å²) in [7, 11) is 0. The Bertz CT molecular complexity index is 203. The average molecular weight is 257 g/mol. The monoisotopic (exact) mass is 257 g/mol. The first-order valence-corrected chi connectivity index (χ1v) is 7.67. The van der Waals surface area contributed by atoms with Crippen molar-refractivity contribution < 1.29 is 9.84 Å². The van der Waals surface area contributed by atoms with Crippen LogP contribution in [0, 0.1) is 0 Å². The van der Waals surface area contributed by atoms with E-state index in [0.717, 1.165) is 13.0 Å². The molecule has 0 aromatic rings. The van der Waals surface area contributed by atoms with Crippen molar-refractivity contribution in [3.8, 4) is 0 Å². The molecular formula is C15H31NO2. The number of nitrogens with one attached hydrogen (secondary N) is 1. The zero-order chi connectivity index (χ0) is 13.3. The molecule has 108 valence electrons. The summed E-state index contributed by atoms with van der Waals surface area (Å²) < 4.78 is 5.57. The molecular weight excluding hydrogens is 226 g/mol. The summed E-state index contributed by atoms with van der Waals surface area (Å²) in [5.74, 6) is 0. The number of rotatable bonds is 12. The van der Waals surface area contributed by atoms with E-state index in [1.54, 1.807) is 0 Å². The first kappa shape index (κ1) is 15.9. The van der Waals surface area contributed by atoms with Crippen LogP contribution in [0.3, 0.4) is 0 Å². The molecule has 0 amide bonds. The minimum atomic E-state index is -0.717. The molecule has 3 heteroatoms. The molecule has 0 heterocycles. The lowest BCUT2D eigenvalue weighted by Gasteiger charge is -2.23. The van der Waals surface area contributed by atoms with Gasteiger partial charge in [-0.05, 0) is 26.2 Å². The summed E-state index contributed by atoms with van der Waals surface area (Å²) in [5, 5.41) is 13.4. The number of ether oxygens (including phenoxy) is 1. The first-order valence-electron chi connectivity index (χ1n) is 7.67. The Labute approximate surface area is 112 Å². The van der Waals surface area contributed by atoms with Gasteiger partial charge in [-0.3, -0.25) is 0 Å². The van der Waals surface area contributed by atoms with Gasteiger partial charge in [-0.25, -0.2) is 0 Å². The van der Waals surface area contributed by atoms with Crippen molar-refractivity contribution in [3.05, 3.63) is 0 Å². The Morgan fingerprint density at radius 3 is 2.50 bits per heavy atom. The quantitative estimate of drug-likeness (QED) is 0.528. The average Bonchev–Trinajstić information content (AvgIpc) is 3.14. The Morgan fingerprint density at radius 2 is 1.83 bits per heavy atom. The van der Waals surface area contributed by atoms with Crippen molar-refractivity contribution in [1.29, 1.82) is 0 Å². The van der Waals surface area contributed by atoms with Gasteiger partial charge in [0.05, 0.1) is 12.2 Å². The van der Waals surface area contributed by atoms with Gasteiger partial charge in [0.1, 0.15) is 0 Å². The van der Waals surface area contributed by atoms with Crippen molar-refractivity contribution in [2.24, 2.45) is 0 Å². The number of unbranched alkanes of at least 4 members (excludes halogenated alkanes) is 5. The van der Waals surface area contributed by atoms with E-state index in [2.05, 4.69) is 12.2 Å². The summed E-state index contributed by atoms with van der Waals surface area (Å²) in [4.78, 5) is 0. The number of hydrogen-bond donors (Lipinski definition) is 2. The lowest BCUT2D eigenvalue weighted by atomic mass is 10.1. The number of aliphatic hydroxyl groups is 1. The van der Waals surface area contributed by atoms with Gasteiger partial charge >= 0.3 is 0 Å². The largest absolute Gasteiger partial charge is 0.386 e. The lowest BCUT2D eigenvalue weighted by Crippen LogP contribution is -2.42. The van der Waals surface area contributed by atoms with Crippen molar-refractivity contribution >= 4 is 0 Å². The van der Waals surface area contributed by atoms with Crippen LogP contribution in [0.5, 0.6) is 0 Å². The van der Waals surface area contributed by atoms with Crippen molar-refractivity contribution in [1.82, 2.24) is 5.32 Å². The van der Waals surface area contributed by atoms with Crippen molar-refractivity contribution in [2.75, 3.05) is 19.8 Å². The molecule has 0 bridgehead atoms. The summed E-state index contributed by atoms with van der Waals surface area (Å²) in [6, 6.07) is 0.648. The van der Waals surface area contributed by atoms with Crippen LogP contribution in [0.1, 0.15) is 65.2 Å². The van der Waals surface area contributed by atoms with E-state index in [1.807, 2.05) is 6.92 Å². The highest BCUT2D eigenvalue weighted by Crippen LogP contribution is 2.19. The molecule has 1 saturated carbocycles. The molecule has 2 N–H and O–H groups in total. The van der Waals surface area contributed by atoms with Crippen LogP contribution < -0.4 is 5.32 Å². The van der Waals surface area contributed by atoms with E-state index in [0.29, 0.717) is 19.2 Å². The van der Waals surface area contributed by atoms with E-state index in [9.17, 15) is 5.11 Å². The molecule has 1 atom stereocenters. The van der Waals surface area contributed by atoms with E-state index >= 15 is 0 Å². The normalized spacial score (nSPS) is 18.8. The second kappa shape index (κ2) is 8.89. The third-order valence-corrected chi connectivity index (χ3v) is 3.40. The third-order valence-electron chi connectivity index (χ3n) is 3.40. The summed E-state index contributed by atoms with van der Waals surface area (Å²) in [6.45, 7) is 5.96. The molecule has 1 aliphatic rings. The maximum absolute atomic E-state index is 10.1. The van der Waals surface area contributed by atoms with Crippen LogP contribution in [0.25, 0.3) is 0 Å². The third kappa shape index (κ3) is 8.90. The zero-order valence-corrected chi connectivity index (χ0v) is 12.2. The molecule has 0 aromatic carbocycles. The molecule has 0 aromatic heterocycles. The molecule has 1 rings (SSSR count). The Morgan fingerprint density at radius 1 is 1.17 bits per heavy atom. The van der Waals surface area contributed by atoms with Gasteiger partial charge < -0.3 is 15.2 Å². The predicted octanol–water partition coefficient (Wildman–Crippen LogP) is 2.87. The SMILES string of the molecule is CCCCCCCCOCC(C)(O)CNC1CC1. The summed E-state index contributed by atoms with van der Waals surface area (Å²) >= 11 is 0. The second-order valence-electron chi connectivity index (χ2n) is 5.97. The van der Waals surface area contributed by atoms with Crippen LogP contribution >= 0.6 is 0 Å². The molecule has 0 aliphatic heterocycles. The van der Waals surface area contributed by atoms with Gasteiger partial charge in [0.25, 0.3) is 0 Å². The highest BCUT2D eigenvalue weighted by molar-refractivity contribution is 4.85. The molecule has 0 radical (unpaired) electrons. The minimum Gasteiger partial charge on any atom is -0.386 e. The van der Waals surface area contributed by atoms with Gasteiger partial charge in [0.2, 0.25) is 0 Å².